The van der Waals surface area contributed by atoms with Crippen LogP contribution in [0.15, 0.2) is 16.2 Å². The Balaban J connectivity index is 2.92. The Kier molecular flexibility index (Phi) is 4.93. The smallest absolute Gasteiger partial charge is 0.332 e. The number of aliphatic hydroxyl groups excluding tert-OH is 1. The average Bonchev–Trinajstić information content (AvgIpc) is 2.75. The number of hydrogen-bond donors (Lipinski definition) is 4. The van der Waals surface area contributed by atoms with Crippen LogP contribution < -0.4 is 10.0 Å². The van der Waals surface area contributed by atoms with Crippen LogP contribution in [0.5, 0.6) is 0 Å². The van der Waals surface area contributed by atoms with Crippen LogP contribution in [0.25, 0.3) is 0 Å². The molecule has 0 atom stereocenters. The summed E-state index contributed by atoms with van der Waals surface area (Å²) < 4.78 is 24.2. The van der Waals surface area contributed by atoms with Gasteiger partial charge in [-0.3, -0.25) is 9.59 Å². The summed E-state index contributed by atoms with van der Waals surface area (Å²) in [6.07, 6.45) is 0.119. The highest BCUT2D eigenvalue weighted by Gasteiger charge is 2.25. The number of carboxylic acid groups (broad SMARTS) is 1. The third-order valence-electron chi connectivity index (χ3n) is 1.64. The lowest BCUT2D eigenvalue weighted by molar-refractivity contribution is -0.132. The SMILES string of the molecule is CC(=O)Nc1nnc(S(=O)(=O)NC(=O)C(O)=CC(=O)O)s1. The summed E-state index contributed by atoms with van der Waals surface area (Å²) in [7, 11) is -4.45. The molecule has 0 unspecified atom stereocenters. The minimum atomic E-state index is -4.45. The summed E-state index contributed by atoms with van der Waals surface area (Å²) >= 11 is 0.461. The van der Waals surface area contributed by atoms with Crippen molar-refractivity contribution in [2.75, 3.05) is 5.32 Å². The zero-order valence-corrected chi connectivity index (χ0v) is 11.9. The Morgan fingerprint density at radius 2 is 1.86 bits per heavy atom. The van der Waals surface area contributed by atoms with E-state index in [-0.39, 0.29) is 11.2 Å². The van der Waals surface area contributed by atoms with E-state index < -0.39 is 37.9 Å². The third kappa shape index (κ3) is 4.81. The van der Waals surface area contributed by atoms with E-state index in [0.717, 1.165) is 0 Å². The van der Waals surface area contributed by atoms with Crippen molar-refractivity contribution in [3.8, 4) is 0 Å². The summed E-state index contributed by atoms with van der Waals surface area (Å²) in [5.74, 6) is -4.99. The standard InChI is InChI=1S/C8H8N4O7S2/c1-3(13)9-7-10-11-8(20-7)21(18,19)12-6(17)4(14)2-5(15)16/h2,14H,1H3,(H,12,17)(H,15,16)(H,9,10,13). The number of anilines is 1. The van der Waals surface area contributed by atoms with Gasteiger partial charge in [0.1, 0.15) is 0 Å². The van der Waals surface area contributed by atoms with Crippen molar-refractivity contribution >= 4 is 44.3 Å². The Hall–Kier alpha value is -2.54. The fraction of sp³-hybridized carbons (Fsp3) is 0.125. The van der Waals surface area contributed by atoms with E-state index in [0.29, 0.717) is 11.3 Å². The molecule has 1 heterocycles. The van der Waals surface area contributed by atoms with Crippen LogP contribution in [-0.4, -0.2) is 46.6 Å². The molecular formula is C8H8N4O7S2. The van der Waals surface area contributed by atoms with Crippen molar-refractivity contribution in [3.05, 3.63) is 11.8 Å². The lowest BCUT2D eigenvalue weighted by Crippen LogP contribution is -2.32. The van der Waals surface area contributed by atoms with E-state index >= 15 is 0 Å². The molecule has 0 bridgehead atoms. The van der Waals surface area contributed by atoms with Crippen LogP contribution in [-0.2, 0) is 24.4 Å². The van der Waals surface area contributed by atoms with Gasteiger partial charge in [-0.2, -0.15) is 8.42 Å². The summed E-state index contributed by atoms with van der Waals surface area (Å²) in [6, 6.07) is 0. The first-order chi connectivity index (χ1) is 9.61. The highest BCUT2D eigenvalue weighted by atomic mass is 32.2. The molecule has 0 saturated carbocycles. The molecule has 0 aliphatic carbocycles. The number of amides is 2. The summed E-state index contributed by atoms with van der Waals surface area (Å²) in [5, 5.41) is 26.0. The van der Waals surface area contributed by atoms with Crippen LogP contribution in [0.4, 0.5) is 5.13 Å². The number of nitrogens with zero attached hydrogens (tertiary/aromatic N) is 2. The molecule has 1 rings (SSSR count). The maximum absolute atomic E-state index is 11.7. The minimum Gasteiger partial charge on any atom is -0.503 e. The van der Waals surface area contributed by atoms with Crippen molar-refractivity contribution in [3.63, 3.8) is 0 Å². The van der Waals surface area contributed by atoms with E-state index in [2.05, 4.69) is 15.5 Å². The van der Waals surface area contributed by atoms with Gasteiger partial charge in [0, 0.05) is 6.92 Å². The first kappa shape index (κ1) is 16.5. The monoisotopic (exact) mass is 336 g/mol. The van der Waals surface area contributed by atoms with E-state index in [1.54, 1.807) is 0 Å². The number of aliphatic carboxylic acids is 1. The topological polar surface area (TPSA) is 176 Å². The molecule has 0 fully saturated rings. The van der Waals surface area contributed by atoms with Crippen LogP contribution in [0.2, 0.25) is 0 Å². The van der Waals surface area contributed by atoms with Gasteiger partial charge in [0.25, 0.3) is 20.3 Å². The molecule has 0 radical (unpaired) electrons. The molecule has 114 valence electrons. The molecule has 4 N–H and O–H groups in total. The van der Waals surface area contributed by atoms with Crippen LogP contribution in [0, 0.1) is 0 Å². The van der Waals surface area contributed by atoms with Gasteiger partial charge < -0.3 is 15.5 Å². The van der Waals surface area contributed by atoms with Gasteiger partial charge >= 0.3 is 5.97 Å². The second-order valence-corrected chi connectivity index (χ2v) is 6.19. The van der Waals surface area contributed by atoms with Crippen molar-refractivity contribution in [2.24, 2.45) is 0 Å². The number of hydrogen-bond acceptors (Lipinski definition) is 9. The fourth-order valence-corrected chi connectivity index (χ4v) is 2.83. The number of aliphatic hydroxyl groups is 1. The zero-order chi connectivity index (χ0) is 16.2. The predicted octanol–water partition coefficient (Wildman–Crippen LogP) is -1.17. The highest BCUT2D eigenvalue weighted by Crippen LogP contribution is 2.19. The molecule has 11 nitrogen and oxygen atoms in total. The summed E-state index contributed by atoms with van der Waals surface area (Å²) in [5.41, 5.74) is 0. The first-order valence-corrected chi connectivity index (χ1v) is 7.23. The van der Waals surface area contributed by atoms with Crippen molar-refractivity contribution < 1.29 is 33.0 Å². The normalized spacial score (nSPS) is 11.8. The molecular weight excluding hydrogens is 328 g/mol. The number of sulfonamides is 1. The van der Waals surface area contributed by atoms with Crippen LogP contribution in [0.1, 0.15) is 6.92 Å². The number of nitrogens with one attached hydrogen (secondary N) is 2. The summed E-state index contributed by atoms with van der Waals surface area (Å²) in [6.45, 7) is 1.17. The zero-order valence-electron chi connectivity index (χ0n) is 10.2. The predicted molar refractivity (Wildman–Crippen MR) is 67.9 cm³/mol. The van der Waals surface area contributed by atoms with Crippen LogP contribution >= 0.6 is 11.3 Å². The van der Waals surface area contributed by atoms with Gasteiger partial charge in [0.2, 0.25) is 11.0 Å². The molecule has 0 saturated heterocycles. The van der Waals surface area contributed by atoms with Crippen molar-refractivity contribution in [2.45, 2.75) is 11.3 Å². The van der Waals surface area contributed by atoms with Crippen LogP contribution in [0.3, 0.4) is 0 Å². The lowest BCUT2D eigenvalue weighted by Gasteiger charge is -2.02. The number of rotatable bonds is 5. The van der Waals surface area contributed by atoms with Gasteiger partial charge in [-0.25, -0.2) is 9.52 Å². The van der Waals surface area contributed by atoms with Gasteiger partial charge in [0.15, 0.2) is 5.76 Å². The van der Waals surface area contributed by atoms with Crippen molar-refractivity contribution in [1.82, 2.24) is 14.9 Å². The minimum absolute atomic E-state index is 0.111. The Morgan fingerprint density at radius 1 is 1.24 bits per heavy atom. The largest absolute Gasteiger partial charge is 0.503 e. The maximum Gasteiger partial charge on any atom is 0.332 e. The molecule has 1 aromatic rings. The molecule has 0 aromatic carbocycles. The average molecular weight is 336 g/mol. The van der Waals surface area contributed by atoms with E-state index in [4.69, 9.17) is 10.2 Å². The molecule has 1 aromatic heterocycles. The lowest BCUT2D eigenvalue weighted by atomic mass is 10.4. The fourth-order valence-electron chi connectivity index (χ4n) is 0.920. The molecule has 0 aliphatic rings. The van der Waals surface area contributed by atoms with Gasteiger partial charge in [0.05, 0.1) is 6.08 Å². The van der Waals surface area contributed by atoms with Crippen molar-refractivity contribution in [1.29, 1.82) is 0 Å². The Morgan fingerprint density at radius 3 is 2.38 bits per heavy atom. The second kappa shape index (κ2) is 6.27. The third-order valence-corrected chi connectivity index (χ3v) is 4.18. The van der Waals surface area contributed by atoms with E-state index in [9.17, 15) is 22.8 Å². The number of carboxylic acids is 1. The quantitative estimate of drug-likeness (QED) is 0.293. The summed E-state index contributed by atoms with van der Waals surface area (Å²) in [4.78, 5) is 32.3. The molecule has 0 aliphatic heterocycles. The van der Waals surface area contributed by atoms with E-state index in [1.165, 1.54) is 11.6 Å². The van der Waals surface area contributed by atoms with Gasteiger partial charge in [-0.05, 0) is 0 Å². The molecule has 21 heavy (non-hydrogen) atoms. The molecule has 13 heteroatoms. The maximum atomic E-state index is 11.7. The number of carbonyl (C=O) groups excluding carboxylic acids is 2. The second-order valence-electron chi connectivity index (χ2n) is 3.36. The molecule has 0 spiro atoms. The first-order valence-electron chi connectivity index (χ1n) is 4.93. The number of carbonyl (C=O) groups is 3. The number of aromatic nitrogens is 2. The molecule has 2 amide bonds. The highest BCUT2D eigenvalue weighted by molar-refractivity contribution is 7.92. The van der Waals surface area contributed by atoms with E-state index in [1.807, 2.05) is 0 Å². The Bertz CT molecular complexity index is 721. The van der Waals surface area contributed by atoms with Gasteiger partial charge in [-0.15, -0.1) is 10.2 Å². The Labute approximate surface area is 121 Å². The van der Waals surface area contributed by atoms with Gasteiger partial charge in [-0.1, -0.05) is 11.3 Å².